The monoisotopic (exact) mass is 394 g/mol. The van der Waals surface area contributed by atoms with Crippen LogP contribution in [0.2, 0.25) is 5.02 Å². The highest BCUT2D eigenvalue weighted by Gasteiger charge is 2.29. The maximum absolute atomic E-state index is 12.4. The number of benzene rings is 2. The predicted molar refractivity (Wildman–Crippen MR) is 99.9 cm³/mol. The third-order valence-electron chi connectivity index (χ3n) is 4.10. The van der Waals surface area contributed by atoms with E-state index >= 15 is 0 Å². The second kappa shape index (κ2) is 7.75. The molecule has 2 aromatic carbocycles. The van der Waals surface area contributed by atoms with Crippen molar-refractivity contribution >= 4 is 33.2 Å². The first-order chi connectivity index (χ1) is 12.4. The van der Waals surface area contributed by atoms with E-state index in [0.717, 1.165) is 11.3 Å². The summed E-state index contributed by atoms with van der Waals surface area (Å²) in [7, 11) is -3.76. The van der Waals surface area contributed by atoms with Gasteiger partial charge in [-0.2, -0.15) is 0 Å². The Morgan fingerprint density at radius 2 is 1.88 bits per heavy atom. The molecular formula is C18H19ClN2O4S. The number of rotatable bonds is 5. The van der Waals surface area contributed by atoms with Gasteiger partial charge in [0, 0.05) is 12.2 Å². The van der Waals surface area contributed by atoms with E-state index in [0.29, 0.717) is 0 Å². The van der Waals surface area contributed by atoms with Gasteiger partial charge in [0.05, 0.1) is 17.7 Å². The van der Waals surface area contributed by atoms with Crippen molar-refractivity contribution < 1.29 is 17.9 Å². The van der Waals surface area contributed by atoms with Gasteiger partial charge in [0.1, 0.15) is 11.5 Å². The molecule has 1 fully saturated rings. The highest BCUT2D eigenvalue weighted by molar-refractivity contribution is 7.89. The van der Waals surface area contributed by atoms with Crippen molar-refractivity contribution in [1.82, 2.24) is 4.72 Å². The Morgan fingerprint density at radius 1 is 1.19 bits per heavy atom. The molecule has 1 N–H and O–H groups in total. The quantitative estimate of drug-likeness (QED) is 0.844. The molecule has 0 aromatic heterocycles. The number of nitrogens with one attached hydrogen (secondary N) is 1. The summed E-state index contributed by atoms with van der Waals surface area (Å²) in [4.78, 5) is 13.8. The number of hydrogen-bond acceptors (Lipinski definition) is 4. The lowest BCUT2D eigenvalue weighted by Gasteiger charge is -2.33. The van der Waals surface area contributed by atoms with Crippen LogP contribution in [-0.2, 0) is 19.6 Å². The highest BCUT2D eigenvalue weighted by Crippen LogP contribution is 2.21. The summed E-state index contributed by atoms with van der Waals surface area (Å²) in [6, 6.07) is 13.8. The van der Waals surface area contributed by atoms with Crippen molar-refractivity contribution in [2.45, 2.75) is 17.9 Å². The number of halogens is 1. The van der Waals surface area contributed by atoms with Crippen molar-refractivity contribution in [2.24, 2.45) is 0 Å². The number of morpholine rings is 1. The van der Waals surface area contributed by atoms with Gasteiger partial charge >= 0.3 is 0 Å². The van der Waals surface area contributed by atoms with Gasteiger partial charge in [-0.25, -0.2) is 13.1 Å². The van der Waals surface area contributed by atoms with E-state index in [4.69, 9.17) is 16.3 Å². The number of carbonyl (C=O) groups is 1. The molecule has 138 valence electrons. The number of amides is 1. The second-order valence-corrected chi connectivity index (χ2v) is 8.20. The van der Waals surface area contributed by atoms with Crippen LogP contribution in [0.5, 0.6) is 0 Å². The lowest BCUT2D eigenvalue weighted by atomic mass is 10.2. The molecule has 1 aliphatic rings. The molecule has 0 spiro atoms. The maximum atomic E-state index is 12.4. The molecule has 0 aliphatic carbocycles. The predicted octanol–water partition coefficient (Wildman–Crippen LogP) is 2.36. The van der Waals surface area contributed by atoms with Crippen molar-refractivity contribution in [3.63, 3.8) is 0 Å². The summed E-state index contributed by atoms with van der Waals surface area (Å²) >= 11 is 5.96. The minimum Gasteiger partial charge on any atom is -0.365 e. The Bertz CT molecular complexity index is 900. The van der Waals surface area contributed by atoms with Crippen molar-refractivity contribution in [1.29, 1.82) is 0 Å². The van der Waals surface area contributed by atoms with E-state index in [2.05, 4.69) is 4.72 Å². The number of aryl methyl sites for hydroxylation is 1. The van der Waals surface area contributed by atoms with Gasteiger partial charge in [-0.1, -0.05) is 41.4 Å². The Morgan fingerprint density at radius 3 is 2.58 bits per heavy atom. The lowest BCUT2D eigenvalue weighted by Crippen LogP contribution is -2.50. The zero-order chi connectivity index (χ0) is 18.7. The van der Waals surface area contributed by atoms with Crippen LogP contribution in [0.4, 0.5) is 5.69 Å². The lowest BCUT2D eigenvalue weighted by molar-refractivity contribution is -0.129. The zero-order valence-corrected chi connectivity index (χ0v) is 15.8. The minimum absolute atomic E-state index is 0.0175. The molecule has 1 atom stereocenters. The molecule has 0 saturated carbocycles. The van der Waals surface area contributed by atoms with Crippen LogP contribution >= 0.6 is 11.6 Å². The molecule has 26 heavy (non-hydrogen) atoms. The maximum Gasteiger partial charge on any atom is 0.253 e. The standard InChI is InChI=1S/C18H19ClN2O4S/c1-13-6-8-14(9-7-13)21-11-15(25-12-18(21)22)10-20-26(23,24)17-5-3-2-4-16(17)19/h2-9,15,20H,10-12H2,1H3. The van der Waals surface area contributed by atoms with Gasteiger partial charge < -0.3 is 9.64 Å². The van der Waals surface area contributed by atoms with Gasteiger partial charge in [0.2, 0.25) is 10.0 Å². The molecule has 1 aliphatic heterocycles. The van der Waals surface area contributed by atoms with Crippen LogP contribution in [0.1, 0.15) is 5.56 Å². The molecule has 8 heteroatoms. The van der Waals surface area contributed by atoms with Gasteiger partial charge in [0.15, 0.2) is 0 Å². The van der Waals surface area contributed by atoms with E-state index in [1.807, 2.05) is 31.2 Å². The van der Waals surface area contributed by atoms with Crippen LogP contribution in [0, 0.1) is 6.92 Å². The van der Waals surface area contributed by atoms with Crippen LogP contribution in [0.15, 0.2) is 53.4 Å². The molecule has 1 saturated heterocycles. The summed E-state index contributed by atoms with van der Waals surface area (Å²) in [6.07, 6.45) is -0.453. The molecular weight excluding hydrogens is 376 g/mol. The average molecular weight is 395 g/mol. The Hall–Kier alpha value is -1.93. The van der Waals surface area contributed by atoms with Gasteiger partial charge in [0.25, 0.3) is 5.91 Å². The van der Waals surface area contributed by atoms with E-state index in [9.17, 15) is 13.2 Å². The van der Waals surface area contributed by atoms with Crippen LogP contribution in [-0.4, -0.2) is 40.1 Å². The minimum atomic E-state index is -3.76. The summed E-state index contributed by atoms with van der Waals surface area (Å²) in [5.41, 5.74) is 1.86. The van der Waals surface area contributed by atoms with Gasteiger partial charge in [-0.15, -0.1) is 0 Å². The number of carbonyl (C=O) groups excluding carboxylic acids is 1. The zero-order valence-electron chi connectivity index (χ0n) is 14.2. The molecule has 3 rings (SSSR count). The van der Waals surface area contributed by atoms with Crippen LogP contribution in [0.25, 0.3) is 0 Å². The summed E-state index contributed by atoms with van der Waals surface area (Å²) in [5, 5.41) is 0.154. The first-order valence-corrected chi connectivity index (χ1v) is 9.96. The number of sulfonamides is 1. The number of nitrogens with zero attached hydrogens (tertiary/aromatic N) is 1. The summed E-state index contributed by atoms with van der Waals surface area (Å²) in [5.74, 6) is -0.154. The molecule has 2 aromatic rings. The summed E-state index contributed by atoms with van der Waals surface area (Å²) in [6.45, 7) is 2.19. The fourth-order valence-electron chi connectivity index (χ4n) is 2.67. The third kappa shape index (κ3) is 4.24. The van der Waals surface area contributed by atoms with Gasteiger partial charge in [-0.3, -0.25) is 4.79 Å². The molecule has 1 amide bonds. The number of anilines is 1. The Labute approximate surface area is 157 Å². The van der Waals surface area contributed by atoms with Gasteiger partial charge in [-0.05, 0) is 31.2 Å². The third-order valence-corrected chi connectivity index (χ3v) is 6.03. The largest absolute Gasteiger partial charge is 0.365 e. The van der Waals surface area contributed by atoms with E-state index < -0.39 is 16.1 Å². The van der Waals surface area contributed by atoms with E-state index in [-0.39, 0.29) is 35.5 Å². The number of hydrogen-bond donors (Lipinski definition) is 1. The van der Waals surface area contributed by atoms with E-state index in [1.165, 1.54) is 12.1 Å². The van der Waals surface area contributed by atoms with Crippen LogP contribution < -0.4 is 9.62 Å². The van der Waals surface area contributed by atoms with Crippen molar-refractivity contribution in [2.75, 3.05) is 24.6 Å². The van der Waals surface area contributed by atoms with E-state index in [1.54, 1.807) is 17.0 Å². The smallest absolute Gasteiger partial charge is 0.253 e. The second-order valence-electron chi connectivity index (χ2n) is 6.06. The topological polar surface area (TPSA) is 75.7 Å². The molecule has 1 heterocycles. The van der Waals surface area contributed by atoms with Crippen molar-refractivity contribution in [3.05, 3.63) is 59.1 Å². The first kappa shape index (κ1) is 18.8. The SMILES string of the molecule is Cc1ccc(N2CC(CNS(=O)(=O)c3ccccc3Cl)OCC2=O)cc1. The van der Waals surface area contributed by atoms with Crippen molar-refractivity contribution in [3.8, 4) is 0 Å². The molecule has 6 nitrogen and oxygen atoms in total. The molecule has 0 bridgehead atoms. The summed E-state index contributed by atoms with van der Waals surface area (Å²) < 4.78 is 32.8. The average Bonchev–Trinajstić information content (AvgIpc) is 2.62. The fourth-order valence-corrected chi connectivity index (χ4v) is 4.25. The first-order valence-electron chi connectivity index (χ1n) is 8.09. The molecule has 0 radical (unpaired) electrons. The Balaban J connectivity index is 1.68. The molecule has 1 unspecified atom stereocenters. The number of ether oxygens (including phenoxy) is 1. The normalized spacial score (nSPS) is 18.2. The van der Waals surface area contributed by atoms with Crippen LogP contribution in [0.3, 0.4) is 0 Å². The fraction of sp³-hybridized carbons (Fsp3) is 0.278. The Kier molecular flexibility index (Phi) is 5.62. The highest BCUT2D eigenvalue weighted by atomic mass is 35.5.